The standard InChI is InChI=1S/C11H12F2O4/c1-16-7-17-9(11(12,13)10(14)15)8-5-3-2-4-6-8/h2-6,9H,7H2,1H3,(H,14,15). The van der Waals surface area contributed by atoms with E-state index >= 15 is 0 Å². The van der Waals surface area contributed by atoms with Crippen molar-refractivity contribution in [2.24, 2.45) is 0 Å². The maximum Gasteiger partial charge on any atom is 0.377 e. The Morgan fingerprint density at radius 2 is 2.00 bits per heavy atom. The van der Waals surface area contributed by atoms with E-state index in [1.807, 2.05) is 0 Å². The molecular formula is C11H12F2O4. The van der Waals surface area contributed by atoms with E-state index in [0.717, 1.165) is 0 Å². The number of rotatable bonds is 6. The van der Waals surface area contributed by atoms with Gasteiger partial charge in [-0.1, -0.05) is 30.3 Å². The highest BCUT2D eigenvalue weighted by atomic mass is 19.3. The number of hydrogen-bond donors (Lipinski definition) is 1. The predicted molar refractivity (Wildman–Crippen MR) is 54.7 cm³/mol. The molecule has 0 saturated carbocycles. The Morgan fingerprint density at radius 1 is 1.41 bits per heavy atom. The third-order valence-electron chi connectivity index (χ3n) is 2.07. The highest BCUT2D eigenvalue weighted by Gasteiger charge is 2.49. The number of carboxylic acid groups (broad SMARTS) is 1. The summed E-state index contributed by atoms with van der Waals surface area (Å²) < 4.78 is 36.2. The van der Waals surface area contributed by atoms with Gasteiger partial charge in [0, 0.05) is 7.11 Å². The Bertz CT molecular complexity index is 367. The number of hydrogen-bond acceptors (Lipinski definition) is 3. The van der Waals surface area contributed by atoms with Crippen LogP contribution in [0.4, 0.5) is 8.78 Å². The zero-order valence-corrected chi connectivity index (χ0v) is 9.10. The molecule has 0 fully saturated rings. The summed E-state index contributed by atoms with van der Waals surface area (Å²) in [6, 6.07) is 7.43. The molecule has 0 radical (unpaired) electrons. The molecule has 0 aliphatic rings. The minimum Gasteiger partial charge on any atom is -0.477 e. The molecule has 4 nitrogen and oxygen atoms in total. The fraction of sp³-hybridized carbons (Fsp3) is 0.364. The number of aliphatic carboxylic acids is 1. The number of carboxylic acids is 1. The first-order chi connectivity index (χ1) is 8.00. The average molecular weight is 246 g/mol. The normalized spacial score (nSPS) is 13.4. The number of benzene rings is 1. The van der Waals surface area contributed by atoms with Gasteiger partial charge in [0.1, 0.15) is 6.79 Å². The zero-order chi connectivity index (χ0) is 12.9. The van der Waals surface area contributed by atoms with Gasteiger partial charge in [-0.2, -0.15) is 8.78 Å². The van der Waals surface area contributed by atoms with Crippen LogP contribution in [0, 0.1) is 0 Å². The van der Waals surface area contributed by atoms with E-state index in [1.54, 1.807) is 6.07 Å². The summed E-state index contributed by atoms with van der Waals surface area (Å²) in [6.45, 7) is -0.414. The number of carbonyl (C=O) groups is 1. The summed E-state index contributed by atoms with van der Waals surface area (Å²) in [5, 5.41) is 8.50. The molecule has 94 valence electrons. The average Bonchev–Trinajstić information content (AvgIpc) is 2.30. The van der Waals surface area contributed by atoms with Crippen molar-refractivity contribution in [3.8, 4) is 0 Å². The Morgan fingerprint density at radius 3 is 2.47 bits per heavy atom. The minimum absolute atomic E-state index is 0.0805. The van der Waals surface area contributed by atoms with Crippen LogP contribution in [-0.4, -0.2) is 30.9 Å². The van der Waals surface area contributed by atoms with E-state index < -0.39 is 24.8 Å². The molecule has 0 heterocycles. The summed E-state index contributed by atoms with van der Waals surface area (Å²) in [6.07, 6.45) is -1.87. The first kappa shape index (κ1) is 13.5. The number of ether oxygens (including phenoxy) is 2. The maximum atomic E-state index is 13.4. The van der Waals surface area contributed by atoms with Gasteiger partial charge in [-0.3, -0.25) is 0 Å². The number of methoxy groups -OCH3 is 1. The third kappa shape index (κ3) is 3.21. The van der Waals surface area contributed by atoms with E-state index in [0.29, 0.717) is 0 Å². The predicted octanol–water partition coefficient (Wildman–Crippen LogP) is 2.07. The number of halogens is 2. The molecule has 1 N–H and O–H groups in total. The van der Waals surface area contributed by atoms with Crippen LogP contribution in [0.25, 0.3) is 0 Å². The quantitative estimate of drug-likeness (QED) is 0.780. The summed E-state index contributed by atoms with van der Waals surface area (Å²) in [5.74, 6) is -6.25. The van der Waals surface area contributed by atoms with Gasteiger partial charge in [-0.05, 0) is 5.56 Å². The van der Waals surface area contributed by atoms with Crippen LogP contribution in [0.3, 0.4) is 0 Å². The minimum atomic E-state index is -4.01. The van der Waals surface area contributed by atoms with Crippen LogP contribution in [0.2, 0.25) is 0 Å². The first-order valence-corrected chi connectivity index (χ1v) is 4.77. The molecule has 1 unspecified atom stereocenters. The SMILES string of the molecule is COCOC(c1ccccc1)C(F)(F)C(=O)O. The van der Waals surface area contributed by atoms with Crippen molar-refractivity contribution in [2.45, 2.75) is 12.0 Å². The van der Waals surface area contributed by atoms with Crippen molar-refractivity contribution in [3.05, 3.63) is 35.9 Å². The van der Waals surface area contributed by atoms with Crippen LogP contribution in [0.1, 0.15) is 11.7 Å². The van der Waals surface area contributed by atoms with Gasteiger partial charge in [-0.15, -0.1) is 0 Å². The second-order valence-corrected chi connectivity index (χ2v) is 3.29. The molecule has 0 amide bonds. The molecule has 0 aromatic heterocycles. The Labute approximate surface area is 96.8 Å². The van der Waals surface area contributed by atoms with Crippen LogP contribution >= 0.6 is 0 Å². The van der Waals surface area contributed by atoms with Gasteiger partial charge in [-0.25, -0.2) is 4.79 Å². The summed E-state index contributed by atoms with van der Waals surface area (Å²) >= 11 is 0. The third-order valence-corrected chi connectivity index (χ3v) is 2.07. The Balaban J connectivity index is 3.00. The van der Waals surface area contributed by atoms with Crippen molar-refractivity contribution < 1.29 is 28.2 Å². The first-order valence-electron chi connectivity index (χ1n) is 4.77. The molecule has 1 aromatic rings. The molecule has 0 saturated heterocycles. The van der Waals surface area contributed by atoms with E-state index in [2.05, 4.69) is 4.74 Å². The van der Waals surface area contributed by atoms with Crippen molar-refractivity contribution in [2.75, 3.05) is 13.9 Å². The molecule has 0 aliphatic heterocycles. The lowest BCUT2D eigenvalue weighted by atomic mass is 10.0. The van der Waals surface area contributed by atoms with Crippen molar-refractivity contribution in [1.29, 1.82) is 0 Å². The summed E-state index contributed by atoms with van der Waals surface area (Å²) in [5.41, 5.74) is 0.0805. The fourth-order valence-electron chi connectivity index (χ4n) is 1.29. The van der Waals surface area contributed by atoms with E-state index in [1.165, 1.54) is 31.4 Å². The molecule has 1 atom stereocenters. The Hall–Kier alpha value is -1.53. The Kier molecular flexibility index (Phi) is 4.53. The molecule has 17 heavy (non-hydrogen) atoms. The molecule has 1 rings (SSSR count). The van der Waals surface area contributed by atoms with Gasteiger partial charge in [0.25, 0.3) is 0 Å². The van der Waals surface area contributed by atoms with Gasteiger partial charge in [0.2, 0.25) is 0 Å². The lowest BCUT2D eigenvalue weighted by molar-refractivity contribution is -0.203. The van der Waals surface area contributed by atoms with Crippen molar-refractivity contribution >= 4 is 5.97 Å². The van der Waals surface area contributed by atoms with Crippen LogP contribution in [0.15, 0.2) is 30.3 Å². The molecule has 6 heteroatoms. The molecular weight excluding hydrogens is 234 g/mol. The van der Waals surface area contributed by atoms with Crippen LogP contribution < -0.4 is 0 Å². The van der Waals surface area contributed by atoms with Crippen LogP contribution in [0.5, 0.6) is 0 Å². The van der Waals surface area contributed by atoms with Crippen molar-refractivity contribution in [1.82, 2.24) is 0 Å². The summed E-state index contributed by atoms with van der Waals surface area (Å²) in [4.78, 5) is 10.5. The largest absolute Gasteiger partial charge is 0.477 e. The molecule has 0 aliphatic carbocycles. The molecule has 1 aromatic carbocycles. The van der Waals surface area contributed by atoms with Crippen LogP contribution in [-0.2, 0) is 14.3 Å². The zero-order valence-electron chi connectivity index (χ0n) is 9.10. The lowest BCUT2D eigenvalue weighted by Crippen LogP contribution is -2.37. The second kappa shape index (κ2) is 5.70. The number of alkyl halides is 2. The molecule has 0 bridgehead atoms. The van der Waals surface area contributed by atoms with Gasteiger partial charge in [0.15, 0.2) is 6.10 Å². The van der Waals surface area contributed by atoms with Crippen molar-refractivity contribution in [3.63, 3.8) is 0 Å². The maximum absolute atomic E-state index is 13.4. The van der Waals surface area contributed by atoms with E-state index in [4.69, 9.17) is 9.84 Å². The van der Waals surface area contributed by atoms with E-state index in [-0.39, 0.29) is 5.56 Å². The van der Waals surface area contributed by atoms with Gasteiger partial charge in [0.05, 0.1) is 0 Å². The second-order valence-electron chi connectivity index (χ2n) is 3.29. The fourth-order valence-corrected chi connectivity index (χ4v) is 1.29. The van der Waals surface area contributed by atoms with E-state index in [9.17, 15) is 13.6 Å². The highest BCUT2D eigenvalue weighted by Crippen LogP contribution is 2.34. The lowest BCUT2D eigenvalue weighted by Gasteiger charge is -2.23. The summed E-state index contributed by atoms with van der Waals surface area (Å²) in [7, 11) is 1.26. The van der Waals surface area contributed by atoms with Gasteiger partial charge < -0.3 is 14.6 Å². The smallest absolute Gasteiger partial charge is 0.377 e. The topological polar surface area (TPSA) is 55.8 Å². The molecule has 0 spiro atoms. The highest BCUT2D eigenvalue weighted by molar-refractivity contribution is 5.76. The van der Waals surface area contributed by atoms with Gasteiger partial charge >= 0.3 is 11.9 Å². The monoisotopic (exact) mass is 246 g/mol.